The highest BCUT2D eigenvalue weighted by molar-refractivity contribution is 5.37. The van der Waals surface area contributed by atoms with Crippen LogP contribution in [-0.2, 0) is 6.42 Å². The fourth-order valence-electron chi connectivity index (χ4n) is 1.92. The van der Waals surface area contributed by atoms with Crippen LogP contribution in [0.5, 0.6) is 5.88 Å². The van der Waals surface area contributed by atoms with E-state index >= 15 is 0 Å². The van der Waals surface area contributed by atoms with Crippen LogP contribution in [0.1, 0.15) is 23.9 Å². The molecule has 2 aromatic rings. The summed E-state index contributed by atoms with van der Waals surface area (Å²) in [6.07, 6.45) is 2.41. The second kappa shape index (κ2) is 6.17. The molecular formula is C13H19N5O. The van der Waals surface area contributed by atoms with Gasteiger partial charge in [-0.25, -0.2) is 9.97 Å². The molecule has 19 heavy (non-hydrogen) atoms. The molecule has 0 fully saturated rings. The molecular weight excluding hydrogens is 242 g/mol. The first-order chi connectivity index (χ1) is 9.20. The van der Waals surface area contributed by atoms with Crippen LogP contribution in [0, 0.1) is 13.8 Å². The average molecular weight is 261 g/mol. The molecule has 2 rings (SSSR count). The van der Waals surface area contributed by atoms with Gasteiger partial charge in [-0.3, -0.25) is 5.10 Å². The SMILES string of the molecule is CCOc1cc(NCCc2c(C)n[nH]c2C)ncn1. The van der Waals surface area contributed by atoms with Crippen molar-refractivity contribution in [3.8, 4) is 5.88 Å². The number of H-pyrrole nitrogens is 1. The van der Waals surface area contributed by atoms with Gasteiger partial charge in [-0.15, -0.1) is 0 Å². The summed E-state index contributed by atoms with van der Waals surface area (Å²) in [6, 6.07) is 1.80. The van der Waals surface area contributed by atoms with Crippen molar-refractivity contribution in [2.75, 3.05) is 18.5 Å². The van der Waals surface area contributed by atoms with Gasteiger partial charge in [-0.2, -0.15) is 5.10 Å². The minimum absolute atomic E-state index is 0.593. The van der Waals surface area contributed by atoms with Crippen LogP contribution >= 0.6 is 0 Å². The van der Waals surface area contributed by atoms with Gasteiger partial charge in [0.05, 0.1) is 12.3 Å². The molecule has 0 radical (unpaired) electrons. The first kappa shape index (κ1) is 13.3. The van der Waals surface area contributed by atoms with E-state index in [-0.39, 0.29) is 0 Å². The number of nitrogens with one attached hydrogen (secondary N) is 2. The summed E-state index contributed by atoms with van der Waals surface area (Å²) in [5.74, 6) is 1.37. The highest BCUT2D eigenvalue weighted by atomic mass is 16.5. The standard InChI is InChI=1S/C13H19N5O/c1-4-19-13-7-12(15-8-16-13)14-6-5-11-9(2)17-18-10(11)3/h7-8H,4-6H2,1-3H3,(H,17,18)(H,14,15,16). The van der Waals surface area contributed by atoms with Gasteiger partial charge in [-0.1, -0.05) is 0 Å². The Balaban J connectivity index is 1.90. The lowest BCUT2D eigenvalue weighted by Gasteiger charge is -2.07. The Morgan fingerprint density at radius 1 is 1.32 bits per heavy atom. The molecule has 6 nitrogen and oxygen atoms in total. The van der Waals surface area contributed by atoms with E-state index in [9.17, 15) is 0 Å². The Morgan fingerprint density at radius 2 is 2.16 bits per heavy atom. The van der Waals surface area contributed by atoms with Crippen molar-refractivity contribution in [3.63, 3.8) is 0 Å². The van der Waals surface area contributed by atoms with E-state index in [0.29, 0.717) is 12.5 Å². The van der Waals surface area contributed by atoms with Gasteiger partial charge < -0.3 is 10.1 Å². The highest BCUT2D eigenvalue weighted by Crippen LogP contribution is 2.13. The number of anilines is 1. The van der Waals surface area contributed by atoms with Crippen LogP contribution in [0.2, 0.25) is 0 Å². The summed E-state index contributed by atoms with van der Waals surface area (Å²) in [4.78, 5) is 8.19. The molecule has 0 unspecified atom stereocenters. The molecule has 0 aliphatic heterocycles. The number of aromatic amines is 1. The minimum atomic E-state index is 0.593. The lowest BCUT2D eigenvalue weighted by molar-refractivity contribution is 0.326. The topological polar surface area (TPSA) is 75.7 Å². The summed E-state index contributed by atoms with van der Waals surface area (Å²) < 4.78 is 5.33. The van der Waals surface area contributed by atoms with Crippen molar-refractivity contribution in [1.29, 1.82) is 0 Å². The van der Waals surface area contributed by atoms with Crippen LogP contribution in [0.25, 0.3) is 0 Å². The van der Waals surface area contributed by atoms with Gasteiger partial charge in [0.15, 0.2) is 0 Å². The van der Waals surface area contributed by atoms with Gasteiger partial charge >= 0.3 is 0 Å². The quantitative estimate of drug-likeness (QED) is 0.830. The van der Waals surface area contributed by atoms with E-state index in [1.165, 1.54) is 11.9 Å². The van der Waals surface area contributed by atoms with Crippen molar-refractivity contribution >= 4 is 5.82 Å². The molecule has 0 bridgehead atoms. The van der Waals surface area contributed by atoms with E-state index in [0.717, 1.165) is 30.2 Å². The van der Waals surface area contributed by atoms with Crippen LogP contribution in [0.4, 0.5) is 5.82 Å². The maximum absolute atomic E-state index is 5.33. The third-order valence-electron chi connectivity index (χ3n) is 2.90. The predicted octanol–water partition coefficient (Wildman–Crippen LogP) is 1.87. The Kier molecular flexibility index (Phi) is 4.33. The number of hydrogen-bond donors (Lipinski definition) is 2. The largest absolute Gasteiger partial charge is 0.478 e. The Labute approximate surface area is 112 Å². The predicted molar refractivity (Wildman–Crippen MR) is 73.5 cm³/mol. The number of aryl methyl sites for hydroxylation is 2. The zero-order chi connectivity index (χ0) is 13.7. The summed E-state index contributed by atoms with van der Waals surface area (Å²) >= 11 is 0. The summed E-state index contributed by atoms with van der Waals surface area (Å²) in [5, 5.41) is 10.4. The summed E-state index contributed by atoms with van der Waals surface area (Å²) in [5.41, 5.74) is 3.43. The second-order valence-corrected chi connectivity index (χ2v) is 4.26. The van der Waals surface area contributed by atoms with Crippen LogP contribution in [-0.4, -0.2) is 33.3 Å². The van der Waals surface area contributed by atoms with E-state index < -0.39 is 0 Å². The number of nitrogens with zero attached hydrogens (tertiary/aromatic N) is 3. The molecule has 0 spiro atoms. The Hall–Kier alpha value is -2.11. The van der Waals surface area contributed by atoms with Crippen molar-refractivity contribution < 1.29 is 4.74 Å². The Bertz CT molecular complexity index is 518. The zero-order valence-electron chi connectivity index (χ0n) is 11.5. The summed E-state index contributed by atoms with van der Waals surface area (Å²) in [6.45, 7) is 7.37. The maximum Gasteiger partial charge on any atom is 0.218 e. The fraction of sp³-hybridized carbons (Fsp3) is 0.462. The number of ether oxygens (including phenoxy) is 1. The van der Waals surface area contributed by atoms with Gasteiger partial charge in [-0.05, 0) is 32.8 Å². The third kappa shape index (κ3) is 3.43. The molecule has 0 saturated heterocycles. The molecule has 6 heteroatoms. The van der Waals surface area contributed by atoms with Crippen molar-refractivity contribution in [2.45, 2.75) is 27.2 Å². The van der Waals surface area contributed by atoms with Gasteiger partial charge in [0.2, 0.25) is 5.88 Å². The fourth-order valence-corrected chi connectivity index (χ4v) is 1.92. The van der Waals surface area contributed by atoms with E-state index in [2.05, 4.69) is 25.5 Å². The van der Waals surface area contributed by atoms with Crippen LogP contribution < -0.4 is 10.1 Å². The van der Waals surface area contributed by atoms with Gasteiger partial charge in [0, 0.05) is 18.3 Å². The van der Waals surface area contributed by atoms with Gasteiger partial charge in [0.25, 0.3) is 0 Å². The molecule has 0 aliphatic rings. The Morgan fingerprint density at radius 3 is 2.84 bits per heavy atom. The van der Waals surface area contributed by atoms with Crippen molar-refractivity contribution in [1.82, 2.24) is 20.2 Å². The van der Waals surface area contributed by atoms with Crippen molar-refractivity contribution in [2.24, 2.45) is 0 Å². The smallest absolute Gasteiger partial charge is 0.218 e. The molecule has 102 valence electrons. The molecule has 0 saturated carbocycles. The molecule has 0 aliphatic carbocycles. The first-order valence-corrected chi connectivity index (χ1v) is 6.40. The highest BCUT2D eigenvalue weighted by Gasteiger charge is 2.06. The lowest BCUT2D eigenvalue weighted by Crippen LogP contribution is -2.08. The normalized spacial score (nSPS) is 10.5. The average Bonchev–Trinajstić information content (AvgIpc) is 2.71. The maximum atomic E-state index is 5.33. The van der Waals surface area contributed by atoms with Crippen LogP contribution in [0.3, 0.4) is 0 Å². The molecule has 2 N–H and O–H groups in total. The lowest BCUT2D eigenvalue weighted by atomic mass is 10.1. The first-order valence-electron chi connectivity index (χ1n) is 6.40. The number of rotatable bonds is 6. The zero-order valence-corrected chi connectivity index (χ0v) is 11.5. The molecule has 0 aromatic carbocycles. The molecule has 0 atom stereocenters. The summed E-state index contributed by atoms with van der Waals surface area (Å²) in [7, 11) is 0. The number of aromatic nitrogens is 4. The second-order valence-electron chi connectivity index (χ2n) is 4.26. The molecule has 2 heterocycles. The third-order valence-corrected chi connectivity index (χ3v) is 2.90. The van der Waals surface area contributed by atoms with Gasteiger partial charge in [0.1, 0.15) is 12.1 Å². The number of hydrogen-bond acceptors (Lipinski definition) is 5. The van der Waals surface area contributed by atoms with E-state index in [1.807, 2.05) is 20.8 Å². The molecule has 0 amide bonds. The minimum Gasteiger partial charge on any atom is -0.478 e. The van der Waals surface area contributed by atoms with Crippen molar-refractivity contribution in [3.05, 3.63) is 29.3 Å². The van der Waals surface area contributed by atoms with E-state index in [1.54, 1.807) is 6.07 Å². The van der Waals surface area contributed by atoms with E-state index in [4.69, 9.17) is 4.74 Å². The monoisotopic (exact) mass is 261 g/mol. The molecule has 2 aromatic heterocycles. The van der Waals surface area contributed by atoms with Crippen LogP contribution in [0.15, 0.2) is 12.4 Å².